The Bertz CT molecular complexity index is 831. The van der Waals surface area contributed by atoms with Gasteiger partial charge in [-0.25, -0.2) is 4.79 Å². The van der Waals surface area contributed by atoms with Crippen LogP contribution in [0, 0.1) is 0 Å². The van der Waals surface area contributed by atoms with E-state index in [0.29, 0.717) is 0 Å². The van der Waals surface area contributed by atoms with Crippen LogP contribution in [0.5, 0.6) is 0 Å². The van der Waals surface area contributed by atoms with Gasteiger partial charge in [0.1, 0.15) is 18.1 Å². The number of carboxylic acid groups (broad SMARTS) is 1. The highest BCUT2D eigenvalue weighted by Crippen LogP contribution is 2.03. The second-order valence-corrected chi connectivity index (χ2v) is 7.32. The summed E-state index contributed by atoms with van der Waals surface area (Å²) in [5.41, 5.74) is 11.7. The maximum atomic E-state index is 12.4. The van der Waals surface area contributed by atoms with Crippen LogP contribution in [-0.2, 0) is 30.4 Å². The topological polar surface area (TPSA) is 214 Å². The molecule has 9 N–H and O–H groups in total. The second-order valence-electron chi connectivity index (χ2n) is 7.32. The molecule has 0 saturated carbocycles. The van der Waals surface area contributed by atoms with Crippen molar-refractivity contribution < 1.29 is 34.2 Å². The molecular formula is C20H29N5O7. The number of aliphatic hydroxyl groups excluding tert-OH is 1. The van der Waals surface area contributed by atoms with E-state index in [2.05, 4.69) is 10.6 Å². The monoisotopic (exact) mass is 451 g/mol. The van der Waals surface area contributed by atoms with E-state index in [0.717, 1.165) is 5.56 Å². The average Bonchev–Trinajstić information content (AvgIpc) is 2.71. The summed E-state index contributed by atoms with van der Waals surface area (Å²) < 4.78 is 0. The number of carboxylic acids is 1. The van der Waals surface area contributed by atoms with Gasteiger partial charge in [0, 0.05) is 0 Å². The summed E-state index contributed by atoms with van der Waals surface area (Å²) >= 11 is 0. The summed E-state index contributed by atoms with van der Waals surface area (Å²) in [6.07, 6.45) is -1.84. The van der Waals surface area contributed by atoms with Crippen LogP contribution in [0.1, 0.15) is 25.8 Å². The van der Waals surface area contributed by atoms with E-state index < -0.39 is 66.3 Å². The first-order chi connectivity index (χ1) is 14.9. The Morgan fingerprint density at radius 2 is 1.53 bits per heavy atom. The molecule has 12 nitrogen and oxygen atoms in total. The molecule has 5 atom stereocenters. The predicted molar refractivity (Wildman–Crippen MR) is 113 cm³/mol. The van der Waals surface area contributed by atoms with E-state index in [1.165, 1.54) is 13.8 Å². The first-order valence-corrected chi connectivity index (χ1v) is 9.82. The third kappa shape index (κ3) is 8.70. The maximum Gasteiger partial charge on any atom is 0.326 e. The van der Waals surface area contributed by atoms with Gasteiger partial charge in [-0.1, -0.05) is 30.3 Å². The molecule has 5 unspecified atom stereocenters. The molecule has 1 aromatic carbocycles. The molecule has 0 saturated heterocycles. The number of hydrogen-bond donors (Lipinski definition) is 7. The number of hydrogen-bond acceptors (Lipinski definition) is 7. The van der Waals surface area contributed by atoms with E-state index in [9.17, 15) is 29.1 Å². The Labute approximate surface area is 184 Å². The number of amides is 4. The lowest BCUT2D eigenvalue weighted by Crippen LogP contribution is -2.59. The average molecular weight is 451 g/mol. The zero-order valence-electron chi connectivity index (χ0n) is 17.8. The molecule has 0 aliphatic carbocycles. The van der Waals surface area contributed by atoms with E-state index >= 15 is 0 Å². The second kappa shape index (κ2) is 12.4. The Kier molecular flexibility index (Phi) is 10.3. The Hall–Kier alpha value is -3.51. The maximum absolute atomic E-state index is 12.4. The minimum Gasteiger partial charge on any atom is -0.480 e. The molecule has 0 heterocycles. The highest BCUT2D eigenvalue weighted by atomic mass is 16.4. The lowest BCUT2D eigenvalue weighted by Gasteiger charge is -2.25. The summed E-state index contributed by atoms with van der Waals surface area (Å²) in [4.78, 5) is 59.2. The van der Waals surface area contributed by atoms with Gasteiger partial charge in [-0.2, -0.15) is 0 Å². The van der Waals surface area contributed by atoms with Crippen molar-refractivity contribution in [2.24, 2.45) is 11.5 Å². The van der Waals surface area contributed by atoms with Crippen molar-refractivity contribution in [1.29, 1.82) is 0 Å². The van der Waals surface area contributed by atoms with Crippen molar-refractivity contribution in [3.8, 4) is 0 Å². The van der Waals surface area contributed by atoms with Crippen molar-refractivity contribution in [1.82, 2.24) is 16.0 Å². The molecule has 1 rings (SSSR count). The van der Waals surface area contributed by atoms with Crippen LogP contribution in [0.3, 0.4) is 0 Å². The number of aliphatic carboxylic acids is 1. The predicted octanol–water partition coefficient (Wildman–Crippen LogP) is -2.63. The largest absolute Gasteiger partial charge is 0.480 e. The van der Waals surface area contributed by atoms with Gasteiger partial charge in [0.25, 0.3) is 0 Å². The number of primary amides is 1. The molecule has 0 spiro atoms. The molecule has 0 aliphatic heterocycles. The van der Waals surface area contributed by atoms with Gasteiger partial charge in [0.2, 0.25) is 23.6 Å². The SMILES string of the molecule is CC(NC(=O)C(N)Cc1ccccc1)C(=O)NC(C(=O)NC(CC(N)=O)C(=O)O)C(C)O. The number of carbonyl (C=O) groups excluding carboxylic acids is 4. The van der Waals surface area contributed by atoms with Crippen molar-refractivity contribution in [3.05, 3.63) is 35.9 Å². The van der Waals surface area contributed by atoms with Crippen molar-refractivity contribution in [2.75, 3.05) is 0 Å². The number of aliphatic hydroxyl groups is 1. The fourth-order valence-electron chi connectivity index (χ4n) is 2.69. The summed E-state index contributed by atoms with van der Waals surface area (Å²) in [6, 6.07) is 3.82. The standard InChI is InChI=1S/C20H29N5O7/c1-10(23-18(29)13(21)8-12-6-4-3-5-7-12)17(28)25-16(11(2)26)19(30)24-14(20(31)32)9-15(22)27/h3-7,10-11,13-14,16,26H,8-9,21H2,1-2H3,(H2,22,27)(H,23,29)(H,24,30)(H,25,28)(H,31,32). The summed E-state index contributed by atoms with van der Waals surface area (Å²) in [5, 5.41) is 25.6. The van der Waals surface area contributed by atoms with Gasteiger partial charge >= 0.3 is 5.97 Å². The minimum absolute atomic E-state index is 0.246. The zero-order chi connectivity index (χ0) is 24.4. The molecule has 32 heavy (non-hydrogen) atoms. The molecule has 0 bridgehead atoms. The highest BCUT2D eigenvalue weighted by Gasteiger charge is 2.32. The number of carbonyl (C=O) groups is 5. The molecule has 0 aliphatic rings. The van der Waals surface area contributed by atoms with Crippen LogP contribution in [0.25, 0.3) is 0 Å². The van der Waals surface area contributed by atoms with Gasteiger partial charge in [-0.3, -0.25) is 19.2 Å². The number of benzene rings is 1. The molecule has 0 aromatic heterocycles. The summed E-state index contributed by atoms with van der Waals surface area (Å²) in [6.45, 7) is 2.56. The van der Waals surface area contributed by atoms with Crippen LogP contribution in [0.2, 0.25) is 0 Å². The smallest absolute Gasteiger partial charge is 0.326 e. The van der Waals surface area contributed by atoms with Crippen LogP contribution in [-0.4, -0.2) is 70.1 Å². The Morgan fingerprint density at radius 1 is 0.938 bits per heavy atom. The first-order valence-electron chi connectivity index (χ1n) is 9.82. The summed E-state index contributed by atoms with van der Waals surface area (Å²) in [7, 11) is 0. The van der Waals surface area contributed by atoms with E-state index in [1.54, 1.807) is 24.3 Å². The molecule has 0 fully saturated rings. The highest BCUT2D eigenvalue weighted by molar-refractivity contribution is 5.95. The third-order valence-corrected chi connectivity index (χ3v) is 4.47. The van der Waals surface area contributed by atoms with Gasteiger partial charge < -0.3 is 37.6 Å². The van der Waals surface area contributed by atoms with Crippen LogP contribution < -0.4 is 27.4 Å². The normalized spacial score (nSPS) is 15.4. The number of nitrogens with one attached hydrogen (secondary N) is 3. The molecule has 1 aromatic rings. The fourth-order valence-corrected chi connectivity index (χ4v) is 2.69. The van der Waals surface area contributed by atoms with Gasteiger partial charge in [0.15, 0.2) is 0 Å². The molecule has 12 heteroatoms. The van der Waals surface area contributed by atoms with Crippen molar-refractivity contribution in [2.45, 2.75) is 57.0 Å². The number of nitrogens with two attached hydrogens (primary N) is 2. The van der Waals surface area contributed by atoms with Crippen LogP contribution in [0.4, 0.5) is 0 Å². The van der Waals surface area contributed by atoms with Crippen LogP contribution >= 0.6 is 0 Å². The molecule has 176 valence electrons. The lowest BCUT2D eigenvalue weighted by atomic mass is 10.1. The van der Waals surface area contributed by atoms with E-state index in [4.69, 9.17) is 16.6 Å². The Balaban J connectivity index is 2.71. The molecular weight excluding hydrogens is 422 g/mol. The van der Waals surface area contributed by atoms with Crippen molar-refractivity contribution >= 4 is 29.6 Å². The van der Waals surface area contributed by atoms with Gasteiger partial charge in [-0.05, 0) is 25.8 Å². The van der Waals surface area contributed by atoms with Crippen LogP contribution in [0.15, 0.2) is 30.3 Å². The van der Waals surface area contributed by atoms with E-state index in [1.807, 2.05) is 11.4 Å². The van der Waals surface area contributed by atoms with E-state index in [-0.39, 0.29) is 6.42 Å². The van der Waals surface area contributed by atoms with Crippen molar-refractivity contribution in [3.63, 3.8) is 0 Å². The molecule has 0 radical (unpaired) electrons. The molecule has 4 amide bonds. The minimum atomic E-state index is -1.63. The van der Waals surface area contributed by atoms with Gasteiger partial charge in [-0.15, -0.1) is 0 Å². The number of rotatable bonds is 12. The zero-order valence-corrected chi connectivity index (χ0v) is 17.8. The summed E-state index contributed by atoms with van der Waals surface area (Å²) in [5.74, 6) is -4.92. The Morgan fingerprint density at radius 3 is 2.03 bits per heavy atom. The third-order valence-electron chi connectivity index (χ3n) is 4.47. The van der Waals surface area contributed by atoms with Gasteiger partial charge in [0.05, 0.1) is 18.6 Å². The first kappa shape index (κ1) is 26.5. The lowest BCUT2D eigenvalue weighted by molar-refractivity contribution is -0.144. The quantitative estimate of drug-likeness (QED) is 0.178. The fraction of sp³-hybridized carbons (Fsp3) is 0.450.